The van der Waals surface area contributed by atoms with Gasteiger partial charge in [-0.05, 0) is 18.2 Å². The molecule has 2 unspecified atom stereocenters. The maximum Gasteiger partial charge on any atom is 0.184 e. The molecular weight excluding hydrogens is 297 g/mol. The Kier molecular flexibility index (Phi) is 2.66. The first-order valence-corrected chi connectivity index (χ1v) is 7.47. The van der Waals surface area contributed by atoms with Gasteiger partial charge in [-0.25, -0.2) is 8.42 Å². The van der Waals surface area contributed by atoms with Gasteiger partial charge in [0.2, 0.25) is 0 Å². The zero-order valence-electron chi connectivity index (χ0n) is 8.88. The number of nitrogens with zero attached hydrogens (tertiary/aromatic N) is 1. The van der Waals surface area contributed by atoms with Crippen LogP contribution < -0.4 is 0 Å². The van der Waals surface area contributed by atoms with Gasteiger partial charge in [0.05, 0.1) is 10.0 Å². The van der Waals surface area contributed by atoms with Crippen LogP contribution in [0.4, 0.5) is 0 Å². The lowest BCUT2D eigenvalue weighted by molar-refractivity contribution is 0.123. The fourth-order valence-electron chi connectivity index (χ4n) is 2.06. The molecule has 2 heterocycles. The van der Waals surface area contributed by atoms with Crippen LogP contribution in [0.1, 0.15) is 5.56 Å². The summed E-state index contributed by atoms with van der Waals surface area (Å²) in [6.07, 6.45) is 0.888. The van der Waals surface area contributed by atoms with E-state index in [9.17, 15) is 8.42 Å². The number of fused-ring (bicyclic) bond motifs is 1. The van der Waals surface area contributed by atoms with E-state index in [0.29, 0.717) is 15.6 Å². The molecule has 7 heteroatoms. The first-order chi connectivity index (χ1) is 8.50. The monoisotopic (exact) mass is 303 g/mol. The van der Waals surface area contributed by atoms with Gasteiger partial charge in [-0.3, -0.25) is 0 Å². The normalized spacial score (nSPS) is 27.8. The Hall–Kier alpha value is -1.04. The first-order valence-electron chi connectivity index (χ1n) is 5.11. The Labute approximate surface area is 114 Å². The number of rotatable bonds is 1. The maximum absolute atomic E-state index is 11.9. The number of hydrogen-bond acceptors (Lipinski definition) is 4. The predicted octanol–water partition coefficient (Wildman–Crippen LogP) is 2.41. The highest BCUT2D eigenvalue weighted by molar-refractivity contribution is 7.96. The highest BCUT2D eigenvalue weighted by Gasteiger charge is 2.47. The summed E-state index contributed by atoms with van der Waals surface area (Å²) in [6.45, 7) is 0. The average molecular weight is 304 g/mol. The standard InChI is InChI=1S/C11H7Cl2NO3S/c12-6-2-1-3-7(13)9(6)10-11-8(17-14-10)4-5-18(11,15)16/h1-5,8,11H. The van der Waals surface area contributed by atoms with Crippen molar-refractivity contribution in [1.82, 2.24) is 0 Å². The fourth-order valence-corrected chi connectivity index (χ4v) is 4.18. The third-order valence-electron chi connectivity index (χ3n) is 2.87. The van der Waals surface area contributed by atoms with E-state index in [1.165, 1.54) is 6.08 Å². The molecule has 4 nitrogen and oxygen atoms in total. The van der Waals surface area contributed by atoms with Crippen molar-refractivity contribution in [3.8, 4) is 0 Å². The van der Waals surface area contributed by atoms with Crippen LogP contribution in [0, 0.1) is 0 Å². The first kappa shape index (κ1) is 12.0. The van der Waals surface area contributed by atoms with Crippen molar-refractivity contribution >= 4 is 38.8 Å². The summed E-state index contributed by atoms with van der Waals surface area (Å²) in [5.74, 6) is 0. The van der Waals surface area contributed by atoms with E-state index in [1.54, 1.807) is 18.2 Å². The molecule has 0 aliphatic carbocycles. The van der Waals surface area contributed by atoms with Gasteiger partial charge in [0.1, 0.15) is 5.71 Å². The molecule has 3 rings (SSSR count). The maximum atomic E-state index is 11.9. The van der Waals surface area contributed by atoms with Gasteiger partial charge in [0.25, 0.3) is 0 Å². The fraction of sp³-hybridized carbons (Fsp3) is 0.182. The van der Waals surface area contributed by atoms with Crippen molar-refractivity contribution in [3.63, 3.8) is 0 Å². The summed E-state index contributed by atoms with van der Waals surface area (Å²) < 4.78 is 23.8. The third-order valence-corrected chi connectivity index (χ3v) is 5.24. The lowest BCUT2D eigenvalue weighted by Gasteiger charge is -2.11. The van der Waals surface area contributed by atoms with Crippen LogP contribution in [0.2, 0.25) is 10.0 Å². The van der Waals surface area contributed by atoms with Crippen molar-refractivity contribution in [2.45, 2.75) is 11.4 Å². The van der Waals surface area contributed by atoms with Crippen LogP contribution >= 0.6 is 23.2 Å². The van der Waals surface area contributed by atoms with E-state index in [-0.39, 0.29) is 5.71 Å². The lowest BCUT2D eigenvalue weighted by Crippen LogP contribution is -2.31. The van der Waals surface area contributed by atoms with Gasteiger partial charge in [0, 0.05) is 11.0 Å². The number of hydrogen-bond donors (Lipinski definition) is 0. The summed E-state index contributed by atoms with van der Waals surface area (Å²) in [7, 11) is -3.41. The Morgan fingerprint density at radius 2 is 1.89 bits per heavy atom. The minimum atomic E-state index is -3.41. The Bertz CT molecular complexity index is 661. The van der Waals surface area contributed by atoms with Gasteiger partial charge in [0.15, 0.2) is 21.2 Å². The van der Waals surface area contributed by atoms with E-state index in [2.05, 4.69) is 5.16 Å². The summed E-state index contributed by atoms with van der Waals surface area (Å²) in [5.41, 5.74) is 0.682. The van der Waals surface area contributed by atoms with E-state index < -0.39 is 21.2 Å². The molecular formula is C11H7Cl2NO3S. The molecule has 2 aliphatic rings. The quantitative estimate of drug-likeness (QED) is 0.800. The van der Waals surface area contributed by atoms with Crippen LogP contribution in [-0.2, 0) is 14.7 Å². The second-order valence-electron chi connectivity index (χ2n) is 3.98. The molecule has 0 spiro atoms. The summed E-state index contributed by atoms with van der Waals surface area (Å²) in [4.78, 5) is 5.09. The van der Waals surface area contributed by atoms with Gasteiger partial charge in [-0.2, -0.15) is 0 Å². The van der Waals surface area contributed by atoms with Gasteiger partial charge in [-0.1, -0.05) is 34.4 Å². The van der Waals surface area contributed by atoms with Crippen molar-refractivity contribution in [2.24, 2.45) is 5.16 Å². The molecule has 0 radical (unpaired) electrons. The summed E-state index contributed by atoms with van der Waals surface area (Å²) in [6, 6.07) is 4.95. The molecule has 0 fully saturated rings. The molecule has 0 saturated carbocycles. The van der Waals surface area contributed by atoms with Crippen molar-refractivity contribution in [2.75, 3.05) is 0 Å². The molecule has 2 aliphatic heterocycles. The largest absolute Gasteiger partial charge is 0.386 e. The molecule has 0 N–H and O–H groups in total. The van der Waals surface area contributed by atoms with E-state index in [4.69, 9.17) is 28.0 Å². The minimum Gasteiger partial charge on any atom is -0.386 e. The van der Waals surface area contributed by atoms with Crippen molar-refractivity contribution < 1.29 is 13.3 Å². The number of sulfone groups is 1. The van der Waals surface area contributed by atoms with E-state index in [0.717, 1.165) is 5.41 Å². The molecule has 1 aromatic rings. The highest BCUT2D eigenvalue weighted by atomic mass is 35.5. The molecule has 0 saturated heterocycles. The third kappa shape index (κ3) is 1.66. The SMILES string of the molecule is O=S1(=O)C=CC2ON=C(c3c(Cl)cccc3Cl)C21. The van der Waals surface area contributed by atoms with Crippen LogP contribution in [-0.4, -0.2) is 25.5 Å². The number of benzene rings is 1. The second-order valence-corrected chi connectivity index (χ2v) is 6.75. The van der Waals surface area contributed by atoms with Crippen molar-refractivity contribution in [3.05, 3.63) is 45.3 Å². The minimum absolute atomic E-state index is 0.264. The smallest absolute Gasteiger partial charge is 0.184 e. The molecule has 94 valence electrons. The molecule has 2 atom stereocenters. The second kappa shape index (κ2) is 3.98. The molecule has 18 heavy (non-hydrogen) atoms. The summed E-state index contributed by atoms with van der Waals surface area (Å²) in [5, 5.41) is 4.82. The highest BCUT2D eigenvalue weighted by Crippen LogP contribution is 2.35. The topological polar surface area (TPSA) is 55.7 Å². The van der Waals surface area contributed by atoms with Gasteiger partial charge >= 0.3 is 0 Å². The van der Waals surface area contributed by atoms with E-state index in [1.807, 2.05) is 0 Å². The zero-order valence-corrected chi connectivity index (χ0v) is 11.2. The number of halogens is 2. The Morgan fingerprint density at radius 3 is 2.56 bits per heavy atom. The van der Waals surface area contributed by atoms with Crippen LogP contribution in [0.5, 0.6) is 0 Å². The Morgan fingerprint density at radius 1 is 1.22 bits per heavy atom. The van der Waals surface area contributed by atoms with Crippen LogP contribution in [0.25, 0.3) is 0 Å². The molecule has 1 aromatic carbocycles. The predicted molar refractivity (Wildman–Crippen MR) is 69.7 cm³/mol. The molecule has 0 bridgehead atoms. The average Bonchev–Trinajstić information content (AvgIpc) is 2.82. The number of oxime groups is 1. The van der Waals surface area contributed by atoms with Crippen LogP contribution in [0.3, 0.4) is 0 Å². The van der Waals surface area contributed by atoms with E-state index >= 15 is 0 Å². The molecule has 0 aromatic heterocycles. The van der Waals surface area contributed by atoms with Gasteiger partial charge < -0.3 is 4.84 Å². The van der Waals surface area contributed by atoms with Crippen LogP contribution in [0.15, 0.2) is 34.8 Å². The van der Waals surface area contributed by atoms with Gasteiger partial charge in [-0.15, -0.1) is 0 Å². The summed E-state index contributed by atoms with van der Waals surface area (Å²) >= 11 is 12.1. The molecule has 0 amide bonds. The van der Waals surface area contributed by atoms with Crippen molar-refractivity contribution in [1.29, 1.82) is 0 Å². The Balaban J connectivity index is 2.15. The zero-order chi connectivity index (χ0) is 12.9. The lowest BCUT2D eigenvalue weighted by atomic mass is 10.0.